The highest BCUT2D eigenvalue weighted by Crippen LogP contribution is 2.30. The zero-order chi connectivity index (χ0) is 57.3. The van der Waals surface area contributed by atoms with Crippen molar-refractivity contribution in [3.8, 4) is 0 Å². The Morgan fingerprint density at radius 3 is 1.83 bits per heavy atom. The fraction of sp³-hybridized carbons (Fsp3) is 0.596. The maximum atomic E-state index is 14.2. The Kier molecular flexibility index (Phi) is 26.7. The van der Waals surface area contributed by atoms with Gasteiger partial charge in [-0.25, -0.2) is 9.59 Å². The highest BCUT2D eigenvalue weighted by molar-refractivity contribution is 7.80. The van der Waals surface area contributed by atoms with Gasteiger partial charge < -0.3 is 59.3 Å². The van der Waals surface area contributed by atoms with Crippen LogP contribution in [0.1, 0.15) is 81.5 Å². The summed E-state index contributed by atoms with van der Waals surface area (Å²) in [6.45, 7) is 6.75. The van der Waals surface area contributed by atoms with Crippen molar-refractivity contribution < 1.29 is 53.4 Å². The van der Waals surface area contributed by atoms with Crippen molar-refractivity contribution in [3.63, 3.8) is 0 Å². The van der Waals surface area contributed by atoms with E-state index in [2.05, 4.69) is 26.3 Å². The van der Waals surface area contributed by atoms with Gasteiger partial charge in [-0.1, -0.05) is 18.2 Å². The number of carbonyl (C=O) groups excluding carboxylic acids is 7. The molecule has 1 saturated heterocycles. The number of carboxylic acids is 2. The van der Waals surface area contributed by atoms with E-state index in [4.69, 9.17) is 40.3 Å². The molecule has 1 saturated carbocycles. The number of Topliss-reactive ketones (excluding diaryl/α,β-unsaturated/α-hetero) is 1. The number of anilines is 1. The predicted molar refractivity (Wildman–Crippen MR) is 294 cm³/mol. The lowest BCUT2D eigenvalue weighted by Gasteiger charge is -2.38. The summed E-state index contributed by atoms with van der Waals surface area (Å²) in [5.41, 5.74) is 25.9. The summed E-state index contributed by atoms with van der Waals surface area (Å²) >= 11 is 5.69. The molecule has 25 nitrogen and oxygen atoms in total. The van der Waals surface area contributed by atoms with Crippen molar-refractivity contribution in [2.24, 2.45) is 34.8 Å². The van der Waals surface area contributed by atoms with E-state index in [0.29, 0.717) is 103 Å². The van der Waals surface area contributed by atoms with Gasteiger partial charge in [0.25, 0.3) is 0 Å². The van der Waals surface area contributed by atoms with E-state index in [-0.39, 0.29) is 69.2 Å². The molecule has 0 radical (unpaired) electrons. The number of benzene rings is 1. The molecule has 26 heteroatoms. The number of urea groups is 1. The zero-order valence-electron chi connectivity index (χ0n) is 44.9. The number of thiocarbonyl (C=S) groups is 1. The van der Waals surface area contributed by atoms with Crippen LogP contribution in [-0.2, 0) is 51.3 Å². The van der Waals surface area contributed by atoms with Crippen LogP contribution in [0.5, 0.6) is 0 Å². The molecule has 1 aromatic heterocycles. The SMILES string of the molecule is CC(=O)[C@@H](CCC(=O)O)NC(=O)N[C@H](CCCCN(Cc1ccc(C)nc1)C(=O)C1CCC(CNC(=S)Nc2ccc(CC3CN(CC(N)=O)CCN(CC(N)=O)CCN(CC(N)=O)CCN3CC(N)=O)cc2)CC1)C(=O)O. The molecule has 2 heterocycles. The van der Waals surface area contributed by atoms with Gasteiger partial charge in [-0.3, -0.25) is 58.1 Å². The number of nitrogens with two attached hydrogens (primary N) is 4. The molecule has 14 N–H and O–H groups in total. The molecule has 2 aromatic rings. The first kappa shape index (κ1) is 63.7. The number of nitrogens with one attached hydrogen (secondary N) is 4. The Bertz CT molecular complexity index is 2360. The molecular formula is C52H80N14O11S. The van der Waals surface area contributed by atoms with Crippen LogP contribution >= 0.6 is 12.2 Å². The number of unbranched alkanes of at least 4 members (excludes halogenated alkanes) is 1. The van der Waals surface area contributed by atoms with Crippen LogP contribution in [0.4, 0.5) is 10.5 Å². The standard InChI is InChI=1S/C52H80N14O11S/c1-34-6-7-38(27-57-34)28-66(18-4-3-5-43(50(75)76)61-51(77)60-42(35(2)67)16-17-48(72)73)49(74)39-12-8-37(9-13-39)26-58-52(78)59-40-14-10-36(11-15-40)25-41-29-64(32-46(55)70)22-21-62(30-44(53)68)19-20-63(31-45(54)69)23-24-65(41)33-47(56)71/h6-7,10-11,14-15,27,37,39,41-43H,3-5,8-9,12-13,16-26,28-33H2,1-2H3,(H2,53,68)(H2,54,69)(H2,55,70)(H2,56,71)(H,72,73)(H,75,76)(H2,58,59,78)(H2,60,61,77)/t37?,39?,41?,42-,43-/m1/s1. The topological polar surface area (TPSA) is 375 Å². The number of primary amides is 4. The third-order valence-electron chi connectivity index (χ3n) is 14.0. The van der Waals surface area contributed by atoms with E-state index >= 15 is 0 Å². The Balaban J connectivity index is 1.33. The number of nitrogens with zero attached hydrogens (tertiary/aromatic N) is 6. The van der Waals surface area contributed by atoms with Gasteiger partial charge in [0.05, 0.1) is 32.2 Å². The summed E-state index contributed by atoms with van der Waals surface area (Å²) in [7, 11) is 0. The molecule has 4 rings (SSSR count). The molecule has 1 aliphatic heterocycles. The number of pyridine rings is 1. The number of carboxylic acid groups (broad SMARTS) is 2. The van der Waals surface area contributed by atoms with E-state index in [1.165, 1.54) is 6.92 Å². The number of amides is 7. The summed E-state index contributed by atoms with van der Waals surface area (Å²) in [6.07, 6.45) is 5.48. The summed E-state index contributed by atoms with van der Waals surface area (Å²) in [4.78, 5) is 124. The number of rotatable bonds is 28. The molecule has 0 spiro atoms. The number of aryl methyl sites for hydroxylation is 1. The van der Waals surface area contributed by atoms with Gasteiger partial charge in [-0.15, -0.1) is 0 Å². The zero-order valence-corrected chi connectivity index (χ0v) is 45.7. The van der Waals surface area contributed by atoms with Crippen molar-refractivity contribution >= 4 is 76.3 Å². The number of aliphatic carboxylic acids is 2. The first-order chi connectivity index (χ1) is 37.0. The Morgan fingerprint density at radius 2 is 1.28 bits per heavy atom. The van der Waals surface area contributed by atoms with Crippen LogP contribution in [0.15, 0.2) is 42.6 Å². The van der Waals surface area contributed by atoms with E-state index in [0.717, 1.165) is 35.3 Å². The molecule has 0 bridgehead atoms. The van der Waals surface area contributed by atoms with Crippen LogP contribution in [0.25, 0.3) is 0 Å². The first-order valence-corrected chi connectivity index (χ1v) is 26.8. The predicted octanol–water partition coefficient (Wildman–Crippen LogP) is -0.669. The van der Waals surface area contributed by atoms with E-state index < -0.39 is 59.5 Å². The van der Waals surface area contributed by atoms with Crippen molar-refractivity contribution in [3.05, 3.63) is 59.4 Å². The molecule has 3 atom stereocenters. The van der Waals surface area contributed by atoms with Gasteiger partial charge >= 0.3 is 18.0 Å². The molecule has 2 fully saturated rings. The van der Waals surface area contributed by atoms with Crippen LogP contribution in [0.3, 0.4) is 0 Å². The van der Waals surface area contributed by atoms with E-state index in [1.807, 2.05) is 62.9 Å². The first-order valence-electron chi connectivity index (χ1n) is 26.4. The van der Waals surface area contributed by atoms with Crippen molar-refractivity contribution in [1.29, 1.82) is 0 Å². The Labute approximate surface area is 460 Å². The summed E-state index contributed by atoms with van der Waals surface area (Å²) in [5.74, 6) is -4.94. The highest BCUT2D eigenvalue weighted by Gasteiger charge is 2.31. The van der Waals surface area contributed by atoms with Crippen LogP contribution in [0.2, 0.25) is 0 Å². The molecule has 2 aliphatic rings. The summed E-state index contributed by atoms with van der Waals surface area (Å²) < 4.78 is 0. The average molecular weight is 1110 g/mol. The highest BCUT2D eigenvalue weighted by atomic mass is 32.1. The minimum Gasteiger partial charge on any atom is -0.481 e. The smallest absolute Gasteiger partial charge is 0.326 e. The normalized spacial score (nSPS) is 18.9. The summed E-state index contributed by atoms with van der Waals surface area (Å²) in [6, 6.07) is 7.89. The van der Waals surface area contributed by atoms with Crippen molar-refractivity contribution in [2.45, 2.75) is 103 Å². The maximum absolute atomic E-state index is 14.2. The lowest BCUT2D eigenvalue weighted by atomic mass is 9.81. The number of hydrogen-bond donors (Lipinski definition) is 10. The Hall–Kier alpha value is -6.87. The van der Waals surface area contributed by atoms with Gasteiger partial charge in [0, 0.05) is 101 Å². The van der Waals surface area contributed by atoms with Crippen molar-refractivity contribution in [1.82, 2.24) is 45.4 Å². The fourth-order valence-corrected chi connectivity index (χ4v) is 9.94. The molecule has 78 heavy (non-hydrogen) atoms. The van der Waals surface area contributed by atoms with Crippen LogP contribution in [-0.4, -0.2) is 201 Å². The largest absolute Gasteiger partial charge is 0.481 e. The monoisotopic (exact) mass is 1110 g/mol. The third-order valence-corrected chi connectivity index (χ3v) is 14.2. The van der Waals surface area contributed by atoms with Gasteiger partial charge in [-0.05, 0) is 119 Å². The second-order valence-electron chi connectivity index (χ2n) is 20.4. The Morgan fingerprint density at radius 1 is 0.718 bits per heavy atom. The van der Waals surface area contributed by atoms with E-state index in [9.17, 15) is 48.3 Å². The maximum Gasteiger partial charge on any atom is 0.326 e. The summed E-state index contributed by atoms with van der Waals surface area (Å²) in [5, 5.41) is 30.6. The fourth-order valence-electron chi connectivity index (χ4n) is 9.74. The lowest BCUT2D eigenvalue weighted by Crippen LogP contribution is -2.54. The van der Waals surface area contributed by atoms with Gasteiger partial charge in [0.15, 0.2) is 10.9 Å². The minimum absolute atomic E-state index is 0.00158. The van der Waals surface area contributed by atoms with Gasteiger partial charge in [0.2, 0.25) is 29.5 Å². The van der Waals surface area contributed by atoms with E-state index in [1.54, 1.807) is 11.1 Å². The quantitative estimate of drug-likeness (QED) is 0.0373. The second kappa shape index (κ2) is 32.8. The molecule has 430 valence electrons. The molecule has 1 aromatic carbocycles. The average Bonchev–Trinajstić information content (AvgIpc) is 3.37. The van der Waals surface area contributed by atoms with Gasteiger partial charge in [-0.2, -0.15) is 0 Å². The number of hydrogen-bond acceptors (Lipinski definition) is 15. The number of aromatic nitrogens is 1. The second-order valence-corrected chi connectivity index (χ2v) is 20.8. The number of carbonyl (C=O) groups is 9. The number of ketones is 1. The minimum atomic E-state index is -1.28. The molecule has 7 amide bonds. The third kappa shape index (κ3) is 24.2. The lowest BCUT2D eigenvalue weighted by molar-refractivity contribution is -0.140. The molecule has 1 aliphatic carbocycles. The van der Waals surface area contributed by atoms with Gasteiger partial charge in [0.1, 0.15) is 6.04 Å². The molecule has 1 unspecified atom stereocenters. The van der Waals surface area contributed by atoms with Crippen molar-refractivity contribution in [2.75, 3.05) is 90.4 Å². The molecular weight excluding hydrogens is 1030 g/mol. The van der Waals surface area contributed by atoms with Crippen LogP contribution in [0, 0.1) is 18.8 Å². The van der Waals surface area contributed by atoms with Crippen LogP contribution < -0.4 is 44.2 Å².